The summed E-state index contributed by atoms with van der Waals surface area (Å²) >= 11 is 0. The van der Waals surface area contributed by atoms with Crippen molar-refractivity contribution in [1.82, 2.24) is 9.97 Å². The number of hydrogen-bond acceptors (Lipinski definition) is 5. The van der Waals surface area contributed by atoms with Gasteiger partial charge in [-0.2, -0.15) is 4.98 Å². The van der Waals surface area contributed by atoms with E-state index in [1.165, 1.54) is 0 Å². The number of aryl methyl sites for hydroxylation is 1. The summed E-state index contributed by atoms with van der Waals surface area (Å²) in [5.41, 5.74) is -0.587. The Hall–Kier alpha value is -1.85. The fourth-order valence-corrected chi connectivity index (χ4v) is 1.60. The van der Waals surface area contributed by atoms with Gasteiger partial charge in [-0.3, -0.25) is 4.79 Å². The number of hydrogen-bond donors (Lipinski definition) is 2. The van der Waals surface area contributed by atoms with Crippen LogP contribution in [0, 0.1) is 6.92 Å². The number of ether oxygens (including phenoxy) is 1. The lowest BCUT2D eigenvalue weighted by Gasteiger charge is -2.25. The summed E-state index contributed by atoms with van der Waals surface area (Å²) in [5, 5.41) is 11.9. The molecule has 0 aliphatic carbocycles. The molecule has 1 aromatic rings. The summed E-state index contributed by atoms with van der Waals surface area (Å²) in [4.78, 5) is 19.1. The third kappa shape index (κ3) is 4.57. The minimum atomic E-state index is -0.858. The van der Waals surface area contributed by atoms with Gasteiger partial charge in [-0.1, -0.05) is 0 Å². The molecular formula is C12H19N3O3. The molecule has 2 N–H and O–H groups in total. The first kappa shape index (κ1) is 14.2. The molecule has 0 saturated heterocycles. The highest BCUT2D eigenvalue weighted by atomic mass is 16.5. The smallest absolute Gasteiger partial charge is 0.305 e. The lowest BCUT2D eigenvalue weighted by atomic mass is 10.0. The predicted octanol–water partition coefficient (Wildman–Crippen LogP) is 1.85. The largest absolute Gasteiger partial charge is 0.481 e. The fraction of sp³-hybridized carbons (Fsp3) is 0.583. The van der Waals surface area contributed by atoms with E-state index in [1.54, 1.807) is 26.8 Å². The van der Waals surface area contributed by atoms with Crippen LogP contribution in [0.5, 0.6) is 5.88 Å². The van der Waals surface area contributed by atoms with Crippen LogP contribution < -0.4 is 10.1 Å². The second-order valence-corrected chi connectivity index (χ2v) is 4.65. The lowest BCUT2D eigenvalue weighted by Crippen LogP contribution is -2.34. The average molecular weight is 253 g/mol. The van der Waals surface area contributed by atoms with Crippen molar-refractivity contribution in [3.05, 3.63) is 11.9 Å². The molecule has 100 valence electrons. The molecule has 0 bridgehead atoms. The molecule has 0 fully saturated rings. The normalized spacial score (nSPS) is 11.1. The van der Waals surface area contributed by atoms with Crippen molar-refractivity contribution in [1.29, 1.82) is 0 Å². The predicted molar refractivity (Wildman–Crippen MR) is 67.9 cm³/mol. The highest BCUT2D eigenvalue weighted by Crippen LogP contribution is 2.19. The SMILES string of the molecule is CCOc1cc(NC(C)(C)CC(=O)O)nc(C)n1. The summed E-state index contributed by atoms with van der Waals surface area (Å²) in [6.07, 6.45) is 0.0000186. The molecular weight excluding hydrogens is 234 g/mol. The van der Waals surface area contributed by atoms with E-state index in [4.69, 9.17) is 9.84 Å². The van der Waals surface area contributed by atoms with Crippen LogP contribution in [0.2, 0.25) is 0 Å². The summed E-state index contributed by atoms with van der Waals surface area (Å²) in [6.45, 7) is 7.77. The van der Waals surface area contributed by atoms with Crippen molar-refractivity contribution in [2.75, 3.05) is 11.9 Å². The molecule has 0 amide bonds. The van der Waals surface area contributed by atoms with Gasteiger partial charge in [0.05, 0.1) is 13.0 Å². The van der Waals surface area contributed by atoms with Gasteiger partial charge in [-0.15, -0.1) is 0 Å². The van der Waals surface area contributed by atoms with Crippen molar-refractivity contribution < 1.29 is 14.6 Å². The first-order chi connectivity index (χ1) is 8.32. The van der Waals surface area contributed by atoms with Gasteiger partial charge in [0.2, 0.25) is 5.88 Å². The average Bonchev–Trinajstić information content (AvgIpc) is 2.12. The molecule has 0 unspecified atom stereocenters. The molecule has 0 aliphatic rings. The number of aliphatic carboxylic acids is 1. The van der Waals surface area contributed by atoms with E-state index in [2.05, 4.69) is 15.3 Å². The molecule has 0 aliphatic heterocycles. The third-order valence-corrected chi connectivity index (χ3v) is 2.17. The number of nitrogens with zero attached hydrogens (tertiary/aromatic N) is 2. The number of rotatable bonds is 6. The Labute approximate surface area is 106 Å². The molecule has 0 atom stereocenters. The van der Waals surface area contributed by atoms with Gasteiger partial charge >= 0.3 is 5.97 Å². The van der Waals surface area contributed by atoms with E-state index in [0.717, 1.165) is 0 Å². The zero-order valence-corrected chi connectivity index (χ0v) is 11.1. The van der Waals surface area contributed by atoms with Crippen molar-refractivity contribution in [3.8, 4) is 5.88 Å². The van der Waals surface area contributed by atoms with Crippen LogP contribution in [0.15, 0.2) is 6.07 Å². The van der Waals surface area contributed by atoms with Crippen LogP contribution in [0.4, 0.5) is 5.82 Å². The van der Waals surface area contributed by atoms with Gasteiger partial charge in [-0.05, 0) is 27.7 Å². The highest BCUT2D eigenvalue weighted by molar-refractivity contribution is 5.69. The van der Waals surface area contributed by atoms with Crippen LogP contribution in [0.25, 0.3) is 0 Å². The Kier molecular flexibility index (Phi) is 4.47. The van der Waals surface area contributed by atoms with Gasteiger partial charge in [0, 0.05) is 11.6 Å². The van der Waals surface area contributed by atoms with Gasteiger partial charge < -0.3 is 15.2 Å². The van der Waals surface area contributed by atoms with Crippen molar-refractivity contribution >= 4 is 11.8 Å². The summed E-state index contributed by atoms with van der Waals surface area (Å²) in [7, 11) is 0. The molecule has 1 rings (SSSR count). The van der Waals surface area contributed by atoms with Crippen molar-refractivity contribution in [3.63, 3.8) is 0 Å². The van der Waals surface area contributed by atoms with Crippen LogP contribution in [-0.2, 0) is 4.79 Å². The molecule has 1 aromatic heterocycles. The first-order valence-corrected chi connectivity index (χ1v) is 5.81. The maximum atomic E-state index is 10.7. The van der Waals surface area contributed by atoms with E-state index in [0.29, 0.717) is 24.1 Å². The zero-order chi connectivity index (χ0) is 13.8. The van der Waals surface area contributed by atoms with E-state index in [1.807, 2.05) is 6.92 Å². The highest BCUT2D eigenvalue weighted by Gasteiger charge is 2.22. The molecule has 1 heterocycles. The van der Waals surface area contributed by atoms with Gasteiger partial charge in [-0.25, -0.2) is 4.98 Å². The molecule has 6 heteroatoms. The lowest BCUT2D eigenvalue weighted by molar-refractivity contribution is -0.137. The number of nitrogens with one attached hydrogen (secondary N) is 1. The molecule has 0 saturated carbocycles. The topological polar surface area (TPSA) is 84.3 Å². The monoisotopic (exact) mass is 253 g/mol. The minimum Gasteiger partial charge on any atom is -0.481 e. The maximum Gasteiger partial charge on any atom is 0.305 e. The zero-order valence-electron chi connectivity index (χ0n) is 11.1. The Bertz CT molecular complexity index is 433. The number of carbonyl (C=O) groups is 1. The first-order valence-electron chi connectivity index (χ1n) is 5.81. The van der Waals surface area contributed by atoms with E-state index < -0.39 is 11.5 Å². The molecule has 6 nitrogen and oxygen atoms in total. The Morgan fingerprint density at radius 3 is 2.72 bits per heavy atom. The van der Waals surface area contributed by atoms with Gasteiger partial charge in [0.15, 0.2) is 0 Å². The number of aromatic nitrogens is 2. The number of carboxylic acids is 1. The Morgan fingerprint density at radius 1 is 1.50 bits per heavy atom. The summed E-state index contributed by atoms with van der Waals surface area (Å²) < 4.78 is 5.32. The third-order valence-electron chi connectivity index (χ3n) is 2.17. The Balaban J connectivity index is 2.86. The van der Waals surface area contributed by atoms with Gasteiger partial charge in [0.1, 0.15) is 11.6 Å². The fourth-order valence-electron chi connectivity index (χ4n) is 1.60. The van der Waals surface area contributed by atoms with Crippen LogP contribution in [0.3, 0.4) is 0 Å². The second-order valence-electron chi connectivity index (χ2n) is 4.65. The van der Waals surface area contributed by atoms with E-state index in [9.17, 15) is 4.79 Å². The van der Waals surface area contributed by atoms with Crippen LogP contribution >= 0.6 is 0 Å². The van der Waals surface area contributed by atoms with Crippen LogP contribution in [-0.4, -0.2) is 33.2 Å². The number of anilines is 1. The minimum absolute atomic E-state index is 0.0000186. The Morgan fingerprint density at radius 2 is 2.17 bits per heavy atom. The van der Waals surface area contributed by atoms with Gasteiger partial charge in [0.25, 0.3) is 0 Å². The van der Waals surface area contributed by atoms with Crippen molar-refractivity contribution in [2.45, 2.75) is 39.7 Å². The number of carboxylic acid groups (broad SMARTS) is 1. The molecule has 18 heavy (non-hydrogen) atoms. The van der Waals surface area contributed by atoms with Crippen molar-refractivity contribution in [2.24, 2.45) is 0 Å². The second kappa shape index (κ2) is 5.66. The van der Waals surface area contributed by atoms with E-state index >= 15 is 0 Å². The van der Waals surface area contributed by atoms with E-state index in [-0.39, 0.29) is 6.42 Å². The summed E-state index contributed by atoms with van der Waals surface area (Å²) in [6, 6.07) is 1.67. The molecule has 0 spiro atoms. The molecule has 0 radical (unpaired) electrons. The van der Waals surface area contributed by atoms with Crippen LogP contribution in [0.1, 0.15) is 33.0 Å². The summed E-state index contributed by atoms with van der Waals surface area (Å²) in [5.74, 6) is 0.772. The molecule has 0 aromatic carbocycles. The quantitative estimate of drug-likeness (QED) is 0.804. The maximum absolute atomic E-state index is 10.7. The standard InChI is InChI=1S/C12H19N3O3/c1-5-18-10-6-9(13-8(2)14-10)15-12(3,4)7-11(16)17/h6H,5,7H2,1-4H3,(H,16,17)(H,13,14,15).